The average Bonchev–Trinajstić information content (AvgIpc) is 2.38. The van der Waals surface area contributed by atoms with Gasteiger partial charge in [0.05, 0.1) is 0 Å². The third-order valence-corrected chi connectivity index (χ3v) is 3.08. The van der Waals surface area contributed by atoms with Crippen molar-refractivity contribution in [3.63, 3.8) is 0 Å². The summed E-state index contributed by atoms with van der Waals surface area (Å²) in [6, 6.07) is 6.17. The van der Waals surface area contributed by atoms with Gasteiger partial charge >= 0.3 is 0 Å². The Morgan fingerprint density at radius 1 is 1.20 bits per heavy atom. The van der Waals surface area contributed by atoms with E-state index in [-0.39, 0.29) is 18.3 Å². The van der Waals surface area contributed by atoms with E-state index in [1.54, 1.807) is 12.1 Å². The van der Waals surface area contributed by atoms with E-state index in [1.165, 1.54) is 12.1 Å². The fourth-order valence-electron chi connectivity index (χ4n) is 1.46. The Hall–Kier alpha value is -0.850. The molecule has 0 aliphatic heterocycles. The summed E-state index contributed by atoms with van der Waals surface area (Å²) >= 11 is 0.471. The van der Waals surface area contributed by atoms with Crippen molar-refractivity contribution in [1.82, 2.24) is 10.6 Å². The minimum Gasteiger partial charge on any atom is -0.351 e. The van der Waals surface area contributed by atoms with E-state index in [4.69, 9.17) is 0 Å². The van der Waals surface area contributed by atoms with Crippen molar-refractivity contribution < 1.29 is 13.6 Å². The summed E-state index contributed by atoms with van der Waals surface area (Å²) in [5.41, 5.74) is 0.481. The molecule has 0 saturated heterocycles. The van der Waals surface area contributed by atoms with Crippen molar-refractivity contribution in [2.75, 3.05) is 19.6 Å². The van der Waals surface area contributed by atoms with Crippen LogP contribution >= 0.6 is 24.2 Å². The van der Waals surface area contributed by atoms with Gasteiger partial charge in [0.1, 0.15) is 0 Å². The molecular weight excluding hydrogens is 306 g/mol. The fourth-order valence-corrected chi connectivity index (χ4v) is 1.95. The second-order valence-electron chi connectivity index (χ2n) is 3.91. The summed E-state index contributed by atoms with van der Waals surface area (Å²) in [5.74, 6) is -2.63. The number of nitrogens with one attached hydrogen (secondary N) is 2. The Balaban J connectivity index is 0.00000361. The molecule has 7 heteroatoms. The van der Waals surface area contributed by atoms with Gasteiger partial charge in [-0.1, -0.05) is 18.7 Å². The van der Waals surface area contributed by atoms with E-state index < -0.39 is 5.76 Å². The van der Waals surface area contributed by atoms with E-state index in [0.29, 0.717) is 28.8 Å². The molecule has 114 valence electrons. The molecule has 0 aliphatic carbocycles. The number of halogens is 3. The van der Waals surface area contributed by atoms with E-state index in [1.807, 2.05) is 0 Å². The number of carbonyl (C=O) groups is 1. The third-order valence-electron chi connectivity index (χ3n) is 2.36. The van der Waals surface area contributed by atoms with E-state index >= 15 is 0 Å². The van der Waals surface area contributed by atoms with Gasteiger partial charge < -0.3 is 10.6 Å². The van der Waals surface area contributed by atoms with Gasteiger partial charge in [0.15, 0.2) is 0 Å². The Bertz CT molecular complexity index is 390. The molecule has 0 unspecified atom stereocenters. The van der Waals surface area contributed by atoms with Crippen molar-refractivity contribution >= 4 is 30.1 Å². The number of carbonyl (C=O) groups excluding carboxylic acids is 1. The largest absolute Gasteiger partial charge is 0.351 e. The second kappa shape index (κ2) is 10.9. The summed E-state index contributed by atoms with van der Waals surface area (Å²) in [6.45, 7) is 4.27. The lowest BCUT2D eigenvalue weighted by atomic mass is 10.2. The first kappa shape index (κ1) is 19.1. The van der Waals surface area contributed by atoms with Gasteiger partial charge in [-0.15, -0.1) is 12.4 Å². The Kier molecular flexibility index (Phi) is 10.4. The minimum absolute atomic E-state index is 0. The Morgan fingerprint density at radius 2 is 1.85 bits per heavy atom. The number of rotatable bonds is 8. The molecule has 0 heterocycles. The summed E-state index contributed by atoms with van der Waals surface area (Å²) in [6.07, 6.45) is 1.05. The molecule has 0 atom stereocenters. The van der Waals surface area contributed by atoms with Crippen LogP contribution < -0.4 is 10.6 Å². The lowest BCUT2D eigenvalue weighted by Crippen LogP contribution is -2.32. The van der Waals surface area contributed by atoms with Crippen LogP contribution in [0.2, 0.25) is 0 Å². The predicted molar refractivity (Wildman–Crippen MR) is 81.0 cm³/mol. The van der Waals surface area contributed by atoms with Crippen LogP contribution in [0.4, 0.5) is 8.78 Å². The molecule has 0 saturated carbocycles. The summed E-state index contributed by atoms with van der Waals surface area (Å²) in [4.78, 5) is 12.2. The molecule has 0 fully saturated rings. The molecule has 1 amide bonds. The van der Waals surface area contributed by atoms with Crippen LogP contribution in [-0.2, 0) is 0 Å². The van der Waals surface area contributed by atoms with Crippen LogP contribution in [0.15, 0.2) is 29.2 Å². The average molecular weight is 325 g/mol. The highest BCUT2D eigenvalue weighted by molar-refractivity contribution is 7.99. The zero-order valence-electron chi connectivity index (χ0n) is 11.2. The highest BCUT2D eigenvalue weighted by atomic mass is 35.5. The molecule has 1 aromatic carbocycles. The molecule has 3 nitrogen and oxygen atoms in total. The zero-order chi connectivity index (χ0) is 14.1. The predicted octanol–water partition coefficient (Wildman–Crippen LogP) is 3.15. The highest BCUT2D eigenvalue weighted by Gasteiger charge is 2.07. The van der Waals surface area contributed by atoms with Crippen LogP contribution in [0.25, 0.3) is 0 Å². The maximum atomic E-state index is 12.1. The molecule has 2 N–H and O–H groups in total. The molecule has 0 aromatic heterocycles. The first-order valence-corrected chi connectivity index (χ1v) is 7.05. The molecule has 20 heavy (non-hydrogen) atoms. The molecule has 0 bridgehead atoms. The van der Waals surface area contributed by atoms with Crippen molar-refractivity contribution in [2.24, 2.45) is 0 Å². The van der Waals surface area contributed by atoms with E-state index in [0.717, 1.165) is 19.5 Å². The molecular formula is C13H19ClF2N2OS. The second-order valence-corrected chi connectivity index (χ2v) is 4.97. The van der Waals surface area contributed by atoms with Crippen LogP contribution in [0.1, 0.15) is 23.7 Å². The summed E-state index contributed by atoms with van der Waals surface area (Å²) in [7, 11) is 0. The maximum absolute atomic E-state index is 12.1. The SMILES string of the molecule is CCCNCCNC(=O)c1ccc(SC(F)F)cc1.Cl. The van der Waals surface area contributed by atoms with Crippen molar-refractivity contribution in [2.45, 2.75) is 24.0 Å². The molecule has 1 rings (SSSR count). The Labute approximate surface area is 128 Å². The number of hydrogen-bond donors (Lipinski definition) is 2. The lowest BCUT2D eigenvalue weighted by Gasteiger charge is -2.07. The maximum Gasteiger partial charge on any atom is 0.288 e. The summed E-state index contributed by atoms with van der Waals surface area (Å²) in [5, 5.41) is 5.93. The van der Waals surface area contributed by atoms with E-state index in [9.17, 15) is 13.6 Å². The first-order chi connectivity index (χ1) is 9.13. The lowest BCUT2D eigenvalue weighted by molar-refractivity contribution is 0.0954. The van der Waals surface area contributed by atoms with Gasteiger partial charge in [-0.25, -0.2) is 0 Å². The van der Waals surface area contributed by atoms with Gasteiger partial charge in [0.25, 0.3) is 11.7 Å². The topological polar surface area (TPSA) is 41.1 Å². The summed E-state index contributed by atoms with van der Waals surface area (Å²) < 4.78 is 24.2. The van der Waals surface area contributed by atoms with Crippen molar-refractivity contribution in [3.05, 3.63) is 29.8 Å². The van der Waals surface area contributed by atoms with Gasteiger partial charge in [-0.3, -0.25) is 4.79 Å². The molecule has 0 aliphatic rings. The first-order valence-electron chi connectivity index (χ1n) is 6.17. The Morgan fingerprint density at radius 3 is 2.40 bits per heavy atom. The fraction of sp³-hybridized carbons (Fsp3) is 0.462. The van der Waals surface area contributed by atoms with E-state index in [2.05, 4.69) is 17.6 Å². The van der Waals surface area contributed by atoms with Gasteiger partial charge in [0.2, 0.25) is 0 Å². The number of benzene rings is 1. The number of amides is 1. The monoisotopic (exact) mass is 324 g/mol. The third kappa shape index (κ3) is 7.67. The standard InChI is InChI=1S/C13H18F2N2OS.ClH/c1-2-7-16-8-9-17-12(18)10-3-5-11(6-4-10)19-13(14)15;/h3-6,13,16H,2,7-9H2,1H3,(H,17,18);1H. The minimum atomic E-state index is -2.44. The molecule has 0 radical (unpaired) electrons. The quantitative estimate of drug-likeness (QED) is 0.570. The van der Waals surface area contributed by atoms with Crippen LogP contribution in [0.5, 0.6) is 0 Å². The highest BCUT2D eigenvalue weighted by Crippen LogP contribution is 2.24. The number of hydrogen-bond acceptors (Lipinski definition) is 3. The number of alkyl halides is 2. The van der Waals surface area contributed by atoms with Crippen LogP contribution in [-0.4, -0.2) is 31.3 Å². The smallest absolute Gasteiger partial charge is 0.288 e. The van der Waals surface area contributed by atoms with Crippen LogP contribution in [0.3, 0.4) is 0 Å². The zero-order valence-corrected chi connectivity index (χ0v) is 12.8. The van der Waals surface area contributed by atoms with Crippen molar-refractivity contribution in [3.8, 4) is 0 Å². The normalized spacial score (nSPS) is 10.2. The van der Waals surface area contributed by atoms with Crippen molar-refractivity contribution in [1.29, 1.82) is 0 Å². The van der Waals surface area contributed by atoms with Gasteiger partial charge in [-0.05, 0) is 37.2 Å². The van der Waals surface area contributed by atoms with Gasteiger partial charge in [0, 0.05) is 23.5 Å². The molecule has 0 spiro atoms. The number of thioether (sulfide) groups is 1. The molecule has 1 aromatic rings. The van der Waals surface area contributed by atoms with Gasteiger partial charge in [-0.2, -0.15) is 8.78 Å². The van der Waals surface area contributed by atoms with Crippen LogP contribution in [0, 0.1) is 0 Å².